The van der Waals surface area contributed by atoms with Gasteiger partial charge in [0.2, 0.25) is 11.8 Å². The maximum absolute atomic E-state index is 12.6. The minimum absolute atomic E-state index is 0.0651. The summed E-state index contributed by atoms with van der Waals surface area (Å²) in [7, 11) is 0. The quantitative estimate of drug-likeness (QED) is 0.820. The van der Waals surface area contributed by atoms with Gasteiger partial charge in [-0.05, 0) is 36.6 Å². The van der Waals surface area contributed by atoms with E-state index in [1.165, 1.54) is 0 Å². The van der Waals surface area contributed by atoms with Crippen LogP contribution in [0.25, 0.3) is 0 Å². The molecule has 2 aromatic carbocycles. The summed E-state index contributed by atoms with van der Waals surface area (Å²) < 4.78 is 11.1. The van der Waals surface area contributed by atoms with E-state index in [4.69, 9.17) is 9.47 Å². The van der Waals surface area contributed by atoms with Crippen LogP contribution in [0.15, 0.2) is 47.4 Å². The Kier molecular flexibility index (Phi) is 4.94. The smallest absolute Gasteiger partial charge is 0.229 e. The van der Waals surface area contributed by atoms with Crippen LogP contribution in [0.1, 0.15) is 6.42 Å². The number of nitrogens with one attached hydrogen (secondary N) is 1. The van der Waals surface area contributed by atoms with Crippen molar-refractivity contribution < 1.29 is 19.1 Å². The fourth-order valence-electron chi connectivity index (χ4n) is 3.28. The number of amides is 2. The molecule has 0 spiro atoms. The minimum atomic E-state index is -0.386. The second kappa shape index (κ2) is 7.52. The highest BCUT2D eigenvalue weighted by Gasteiger charge is 2.35. The number of nitrogens with zero attached hydrogens (tertiary/aromatic N) is 1. The van der Waals surface area contributed by atoms with Gasteiger partial charge < -0.3 is 19.7 Å². The Morgan fingerprint density at radius 3 is 2.78 bits per heavy atom. The summed E-state index contributed by atoms with van der Waals surface area (Å²) in [5.74, 6) is 0.725. The van der Waals surface area contributed by atoms with E-state index < -0.39 is 0 Å². The highest BCUT2D eigenvalue weighted by molar-refractivity contribution is 7.98. The number of rotatable bonds is 4. The van der Waals surface area contributed by atoms with Crippen molar-refractivity contribution in [2.24, 2.45) is 5.92 Å². The zero-order valence-electron chi connectivity index (χ0n) is 14.9. The topological polar surface area (TPSA) is 67.9 Å². The molecule has 1 atom stereocenters. The first-order valence-corrected chi connectivity index (χ1v) is 10.0. The molecular formula is C20H20N2O4S. The molecular weight excluding hydrogens is 364 g/mol. The summed E-state index contributed by atoms with van der Waals surface area (Å²) in [5, 5.41) is 2.93. The zero-order valence-corrected chi connectivity index (χ0v) is 15.8. The first-order chi connectivity index (χ1) is 13.1. The van der Waals surface area contributed by atoms with E-state index in [1.807, 2.05) is 36.6 Å². The van der Waals surface area contributed by atoms with Gasteiger partial charge in [0.05, 0.1) is 5.92 Å². The van der Waals surface area contributed by atoms with E-state index in [2.05, 4.69) is 5.32 Å². The normalized spacial score (nSPS) is 18.5. The lowest BCUT2D eigenvalue weighted by molar-refractivity contribution is -0.122. The van der Waals surface area contributed by atoms with Crippen LogP contribution >= 0.6 is 11.8 Å². The lowest BCUT2D eigenvalue weighted by atomic mass is 10.1. The highest BCUT2D eigenvalue weighted by Crippen LogP contribution is 2.36. The second-order valence-corrected chi connectivity index (χ2v) is 7.33. The summed E-state index contributed by atoms with van der Waals surface area (Å²) in [4.78, 5) is 27.8. The number of carbonyl (C=O) groups excluding carboxylic acids is 2. The monoisotopic (exact) mass is 384 g/mol. The highest BCUT2D eigenvalue weighted by atomic mass is 32.2. The van der Waals surface area contributed by atoms with Crippen LogP contribution in [0.5, 0.6) is 11.5 Å². The molecule has 1 N–H and O–H groups in total. The second-order valence-electron chi connectivity index (χ2n) is 6.45. The largest absolute Gasteiger partial charge is 0.486 e. The molecule has 2 heterocycles. The molecule has 0 unspecified atom stereocenters. The molecule has 27 heavy (non-hydrogen) atoms. The van der Waals surface area contributed by atoms with Crippen molar-refractivity contribution in [3.8, 4) is 11.5 Å². The van der Waals surface area contributed by atoms with E-state index in [-0.39, 0.29) is 24.2 Å². The Morgan fingerprint density at radius 1 is 1.15 bits per heavy atom. The standard InChI is InChI=1S/C20H20N2O4S/c1-27-16-4-2-3-14(10-16)21-20(24)13-9-19(23)22(12-13)15-5-6-17-18(11-15)26-8-7-25-17/h2-6,10-11,13H,7-9,12H2,1H3,(H,21,24)/t13-/m1/s1. The maximum Gasteiger partial charge on any atom is 0.229 e. The van der Waals surface area contributed by atoms with Gasteiger partial charge in [0, 0.05) is 35.3 Å². The first-order valence-electron chi connectivity index (χ1n) is 8.79. The fraction of sp³-hybridized carbons (Fsp3) is 0.300. The molecule has 1 saturated heterocycles. The minimum Gasteiger partial charge on any atom is -0.486 e. The Morgan fingerprint density at radius 2 is 1.96 bits per heavy atom. The number of ether oxygens (including phenoxy) is 2. The molecule has 2 amide bonds. The molecule has 140 valence electrons. The van der Waals surface area contributed by atoms with Crippen LogP contribution in [0.3, 0.4) is 0 Å². The SMILES string of the molecule is CSc1cccc(NC(=O)[C@@H]2CC(=O)N(c3ccc4c(c3)OCCO4)C2)c1. The van der Waals surface area contributed by atoms with Crippen LogP contribution in [0.2, 0.25) is 0 Å². The summed E-state index contributed by atoms with van der Waals surface area (Å²) in [6.07, 6.45) is 2.18. The summed E-state index contributed by atoms with van der Waals surface area (Å²) in [5.41, 5.74) is 1.47. The average molecular weight is 384 g/mol. The summed E-state index contributed by atoms with van der Waals surface area (Å²) >= 11 is 1.62. The first kappa shape index (κ1) is 17.7. The van der Waals surface area contributed by atoms with Crippen LogP contribution in [0, 0.1) is 5.92 Å². The van der Waals surface area contributed by atoms with Crippen molar-refractivity contribution in [3.05, 3.63) is 42.5 Å². The maximum atomic E-state index is 12.6. The molecule has 2 aliphatic heterocycles. The predicted molar refractivity (Wildman–Crippen MR) is 105 cm³/mol. The molecule has 0 aliphatic carbocycles. The Labute approximate surface area is 161 Å². The fourth-order valence-corrected chi connectivity index (χ4v) is 3.74. The van der Waals surface area contributed by atoms with Crippen molar-refractivity contribution >= 4 is 35.0 Å². The van der Waals surface area contributed by atoms with Gasteiger partial charge in [-0.1, -0.05) is 6.07 Å². The van der Waals surface area contributed by atoms with Gasteiger partial charge in [0.1, 0.15) is 13.2 Å². The third kappa shape index (κ3) is 3.73. The number of benzene rings is 2. The lowest BCUT2D eigenvalue weighted by Crippen LogP contribution is -2.28. The molecule has 6 nitrogen and oxygen atoms in total. The van der Waals surface area contributed by atoms with Gasteiger partial charge in [-0.15, -0.1) is 11.8 Å². The van der Waals surface area contributed by atoms with Gasteiger partial charge in [-0.25, -0.2) is 0 Å². The number of hydrogen-bond donors (Lipinski definition) is 1. The van der Waals surface area contributed by atoms with E-state index in [9.17, 15) is 9.59 Å². The van der Waals surface area contributed by atoms with Crippen LogP contribution in [0.4, 0.5) is 11.4 Å². The summed E-state index contributed by atoms with van der Waals surface area (Å²) in [6, 6.07) is 13.1. The van der Waals surface area contributed by atoms with Gasteiger partial charge in [-0.2, -0.15) is 0 Å². The number of hydrogen-bond acceptors (Lipinski definition) is 5. The van der Waals surface area contributed by atoms with Gasteiger partial charge in [-0.3, -0.25) is 9.59 Å². The van der Waals surface area contributed by atoms with Gasteiger partial charge >= 0.3 is 0 Å². The van der Waals surface area contributed by atoms with Gasteiger partial charge in [0.25, 0.3) is 0 Å². The van der Waals surface area contributed by atoms with Crippen molar-refractivity contribution in [2.45, 2.75) is 11.3 Å². The van der Waals surface area contributed by atoms with Crippen molar-refractivity contribution in [1.29, 1.82) is 0 Å². The molecule has 4 rings (SSSR count). The van der Waals surface area contributed by atoms with Crippen molar-refractivity contribution in [3.63, 3.8) is 0 Å². The molecule has 2 aromatic rings. The number of carbonyl (C=O) groups is 2. The Bertz CT molecular complexity index is 886. The van der Waals surface area contributed by atoms with E-state index in [0.29, 0.717) is 31.3 Å². The Balaban J connectivity index is 1.46. The number of fused-ring (bicyclic) bond motifs is 1. The van der Waals surface area contributed by atoms with Crippen LogP contribution < -0.4 is 19.7 Å². The number of anilines is 2. The molecule has 7 heteroatoms. The van der Waals surface area contributed by atoms with E-state index in [1.54, 1.807) is 28.8 Å². The number of thioether (sulfide) groups is 1. The molecule has 0 aromatic heterocycles. The molecule has 0 radical (unpaired) electrons. The van der Waals surface area contributed by atoms with Gasteiger partial charge in [0.15, 0.2) is 11.5 Å². The van der Waals surface area contributed by atoms with Crippen LogP contribution in [-0.4, -0.2) is 37.8 Å². The van der Waals surface area contributed by atoms with E-state index in [0.717, 1.165) is 16.3 Å². The van der Waals surface area contributed by atoms with Crippen LogP contribution in [-0.2, 0) is 9.59 Å². The molecule has 0 bridgehead atoms. The molecule has 1 fully saturated rings. The third-order valence-electron chi connectivity index (χ3n) is 4.67. The predicted octanol–water partition coefficient (Wildman–Crippen LogP) is 3.17. The van der Waals surface area contributed by atoms with Crippen molar-refractivity contribution in [2.75, 3.05) is 36.2 Å². The van der Waals surface area contributed by atoms with E-state index >= 15 is 0 Å². The zero-order chi connectivity index (χ0) is 18.8. The molecule has 0 saturated carbocycles. The molecule has 2 aliphatic rings. The summed E-state index contributed by atoms with van der Waals surface area (Å²) in [6.45, 7) is 1.37. The third-order valence-corrected chi connectivity index (χ3v) is 5.40. The lowest BCUT2D eigenvalue weighted by Gasteiger charge is -2.22. The van der Waals surface area contributed by atoms with Crippen molar-refractivity contribution in [1.82, 2.24) is 0 Å². The Hall–Kier alpha value is -2.67. The average Bonchev–Trinajstić information content (AvgIpc) is 3.09.